The lowest BCUT2D eigenvalue weighted by atomic mass is 9.97. The van der Waals surface area contributed by atoms with Gasteiger partial charge in [0.1, 0.15) is 0 Å². The molecule has 4 rings (SSSR count). The molecule has 7 heteroatoms. The Morgan fingerprint density at radius 3 is 2.61 bits per heavy atom. The average molecular weight is 443 g/mol. The number of hydrogen-bond acceptors (Lipinski definition) is 1. The normalized spacial score (nSPS) is 11.6. The Morgan fingerprint density at radius 1 is 1.00 bits per heavy atom. The minimum atomic E-state index is -4.48. The first-order valence-corrected chi connectivity index (χ1v) is 10.0. The molecule has 0 aliphatic carbocycles. The number of nitrogens with one attached hydrogen (secondary N) is 2. The summed E-state index contributed by atoms with van der Waals surface area (Å²) >= 11 is 6.06. The van der Waals surface area contributed by atoms with Gasteiger partial charge in [0.25, 0.3) is 5.91 Å². The lowest BCUT2D eigenvalue weighted by molar-refractivity contribution is -0.137. The number of fused-ring (bicyclic) bond motifs is 1. The van der Waals surface area contributed by atoms with Crippen molar-refractivity contribution in [1.82, 2.24) is 10.3 Å². The van der Waals surface area contributed by atoms with Gasteiger partial charge < -0.3 is 10.3 Å². The fourth-order valence-electron chi connectivity index (χ4n) is 3.58. The smallest absolute Gasteiger partial charge is 0.361 e. The zero-order valence-electron chi connectivity index (χ0n) is 16.3. The highest BCUT2D eigenvalue weighted by Gasteiger charge is 2.33. The topological polar surface area (TPSA) is 44.9 Å². The van der Waals surface area contributed by atoms with Gasteiger partial charge >= 0.3 is 6.18 Å². The molecular formula is C24H18ClF3N2O. The lowest BCUT2D eigenvalue weighted by Crippen LogP contribution is -2.25. The van der Waals surface area contributed by atoms with E-state index in [0.29, 0.717) is 29.1 Å². The predicted octanol–water partition coefficient (Wildman–Crippen LogP) is 6.48. The third-order valence-electron chi connectivity index (χ3n) is 5.08. The number of carbonyl (C=O) groups is 1. The van der Waals surface area contributed by atoms with Gasteiger partial charge in [0.2, 0.25) is 0 Å². The van der Waals surface area contributed by atoms with E-state index in [1.165, 1.54) is 18.2 Å². The molecule has 2 N–H and O–H groups in total. The van der Waals surface area contributed by atoms with E-state index in [2.05, 4.69) is 10.3 Å². The van der Waals surface area contributed by atoms with Crippen molar-refractivity contribution in [2.24, 2.45) is 0 Å². The van der Waals surface area contributed by atoms with Crippen LogP contribution in [0, 0.1) is 0 Å². The van der Waals surface area contributed by atoms with Crippen LogP contribution in [0.4, 0.5) is 13.2 Å². The first-order valence-electron chi connectivity index (χ1n) is 9.63. The first kappa shape index (κ1) is 21.0. The van der Waals surface area contributed by atoms with Gasteiger partial charge in [0, 0.05) is 34.2 Å². The van der Waals surface area contributed by atoms with Crippen LogP contribution in [0.2, 0.25) is 5.02 Å². The number of rotatable bonds is 5. The molecule has 0 saturated heterocycles. The third-order valence-corrected chi connectivity index (χ3v) is 5.31. The molecule has 0 bridgehead atoms. The number of hydrogen-bond donors (Lipinski definition) is 2. The number of aromatic amines is 1. The summed E-state index contributed by atoms with van der Waals surface area (Å²) in [4.78, 5) is 15.8. The van der Waals surface area contributed by atoms with E-state index in [9.17, 15) is 18.0 Å². The number of aromatic nitrogens is 1. The molecule has 158 valence electrons. The van der Waals surface area contributed by atoms with E-state index in [4.69, 9.17) is 11.6 Å². The average Bonchev–Trinajstić information content (AvgIpc) is 3.15. The van der Waals surface area contributed by atoms with Crippen molar-refractivity contribution in [1.29, 1.82) is 0 Å². The van der Waals surface area contributed by atoms with E-state index in [1.807, 2.05) is 18.3 Å². The van der Waals surface area contributed by atoms with Crippen LogP contribution in [0.15, 0.2) is 72.9 Å². The maximum Gasteiger partial charge on any atom is 0.417 e. The van der Waals surface area contributed by atoms with Crippen molar-refractivity contribution < 1.29 is 18.0 Å². The van der Waals surface area contributed by atoms with Crippen molar-refractivity contribution >= 4 is 28.4 Å². The molecule has 0 radical (unpaired) electrons. The first-order chi connectivity index (χ1) is 14.8. The second-order valence-corrected chi connectivity index (χ2v) is 7.57. The largest absolute Gasteiger partial charge is 0.417 e. The standard InChI is InChI=1S/C24H18ClF3N2O/c25-18-8-9-22-20(13-18)17(14-30-22)10-11-29-23(31)16-5-3-4-15(12-16)19-6-1-2-7-21(19)24(26,27)28/h1-9,12-14,30H,10-11H2,(H,29,31). The maximum absolute atomic E-state index is 13.3. The van der Waals surface area contributed by atoms with Crippen LogP contribution in [0.3, 0.4) is 0 Å². The minimum absolute atomic E-state index is 0.0420. The van der Waals surface area contributed by atoms with Crippen LogP contribution in [0.25, 0.3) is 22.0 Å². The van der Waals surface area contributed by atoms with Gasteiger partial charge in [-0.25, -0.2) is 0 Å². The fourth-order valence-corrected chi connectivity index (χ4v) is 3.75. The Kier molecular flexibility index (Phi) is 5.74. The van der Waals surface area contributed by atoms with Crippen LogP contribution < -0.4 is 5.32 Å². The summed E-state index contributed by atoms with van der Waals surface area (Å²) < 4.78 is 40.0. The summed E-state index contributed by atoms with van der Waals surface area (Å²) in [6.45, 7) is 0.377. The molecule has 0 unspecified atom stereocenters. The summed E-state index contributed by atoms with van der Waals surface area (Å²) in [6.07, 6.45) is -2.01. The highest BCUT2D eigenvalue weighted by atomic mass is 35.5. The van der Waals surface area contributed by atoms with Crippen molar-refractivity contribution in [3.63, 3.8) is 0 Å². The van der Waals surface area contributed by atoms with Crippen LogP contribution >= 0.6 is 11.6 Å². The summed E-state index contributed by atoms with van der Waals surface area (Å²) in [7, 11) is 0. The molecule has 0 aliphatic rings. The lowest BCUT2D eigenvalue weighted by Gasteiger charge is -2.13. The predicted molar refractivity (Wildman–Crippen MR) is 116 cm³/mol. The van der Waals surface area contributed by atoms with Gasteiger partial charge in [-0.2, -0.15) is 13.2 Å². The number of halogens is 4. The highest BCUT2D eigenvalue weighted by Crippen LogP contribution is 2.37. The fraction of sp³-hybridized carbons (Fsp3) is 0.125. The molecule has 0 saturated carbocycles. The Balaban J connectivity index is 1.48. The molecule has 0 atom stereocenters. The molecule has 0 spiro atoms. The minimum Gasteiger partial charge on any atom is -0.361 e. The quantitative estimate of drug-likeness (QED) is 0.365. The number of benzene rings is 3. The van der Waals surface area contributed by atoms with Crippen LogP contribution in [0.1, 0.15) is 21.5 Å². The zero-order chi connectivity index (χ0) is 22.0. The summed E-state index contributed by atoms with van der Waals surface area (Å²) in [5, 5.41) is 4.46. The van der Waals surface area contributed by atoms with E-state index >= 15 is 0 Å². The monoisotopic (exact) mass is 442 g/mol. The van der Waals surface area contributed by atoms with Crippen molar-refractivity contribution in [2.45, 2.75) is 12.6 Å². The summed E-state index contributed by atoms with van der Waals surface area (Å²) in [6, 6.07) is 17.1. The van der Waals surface area contributed by atoms with E-state index in [0.717, 1.165) is 22.5 Å². The SMILES string of the molecule is O=C(NCCc1c[nH]c2ccc(Cl)cc12)c1cccc(-c2ccccc2C(F)(F)F)c1. The van der Waals surface area contributed by atoms with Gasteiger partial charge in [-0.1, -0.05) is 41.9 Å². The van der Waals surface area contributed by atoms with Crippen LogP contribution in [0.5, 0.6) is 0 Å². The van der Waals surface area contributed by atoms with Gasteiger partial charge in [0.05, 0.1) is 5.56 Å². The molecular weight excluding hydrogens is 425 g/mol. The molecule has 1 aromatic heterocycles. The molecule has 3 nitrogen and oxygen atoms in total. The van der Waals surface area contributed by atoms with Crippen molar-refractivity contribution in [3.05, 3.63) is 94.6 Å². The van der Waals surface area contributed by atoms with Crippen molar-refractivity contribution in [3.8, 4) is 11.1 Å². The van der Waals surface area contributed by atoms with Gasteiger partial charge in [-0.15, -0.1) is 0 Å². The number of carbonyl (C=O) groups excluding carboxylic acids is 1. The Hall–Kier alpha value is -3.25. The van der Waals surface area contributed by atoms with E-state index in [1.54, 1.807) is 30.3 Å². The number of H-pyrrole nitrogens is 1. The second kappa shape index (κ2) is 8.47. The van der Waals surface area contributed by atoms with E-state index < -0.39 is 11.7 Å². The Bertz CT molecular complexity index is 1250. The van der Waals surface area contributed by atoms with Crippen molar-refractivity contribution in [2.75, 3.05) is 6.54 Å². The Labute approximate surface area is 181 Å². The molecule has 3 aromatic carbocycles. The third kappa shape index (κ3) is 4.59. The van der Waals surface area contributed by atoms with E-state index in [-0.39, 0.29) is 11.5 Å². The molecule has 1 amide bonds. The van der Waals surface area contributed by atoms with Gasteiger partial charge in [-0.05, 0) is 59.5 Å². The molecule has 4 aromatic rings. The molecule has 0 fully saturated rings. The maximum atomic E-state index is 13.3. The van der Waals surface area contributed by atoms with Gasteiger partial charge in [-0.3, -0.25) is 4.79 Å². The highest BCUT2D eigenvalue weighted by molar-refractivity contribution is 6.31. The number of alkyl halides is 3. The van der Waals surface area contributed by atoms with Gasteiger partial charge in [0.15, 0.2) is 0 Å². The molecule has 1 heterocycles. The summed E-state index contributed by atoms with van der Waals surface area (Å²) in [5.41, 5.74) is 1.93. The van der Waals surface area contributed by atoms with Crippen LogP contribution in [-0.2, 0) is 12.6 Å². The second-order valence-electron chi connectivity index (χ2n) is 7.13. The summed E-state index contributed by atoms with van der Waals surface area (Å²) in [5.74, 6) is -0.343. The number of amides is 1. The molecule has 0 aliphatic heterocycles. The zero-order valence-corrected chi connectivity index (χ0v) is 17.0. The Morgan fingerprint density at radius 2 is 1.81 bits per heavy atom. The molecule has 31 heavy (non-hydrogen) atoms. The van der Waals surface area contributed by atoms with Crippen LogP contribution in [-0.4, -0.2) is 17.4 Å².